The monoisotopic (exact) mass is 260 g/mol. The zero-order valence-corrected chi connectivity index (χ0v) is 9.25. The van der Waals surface area contributed by atoms with Crippen molar-refractivity contribution in [2.24, 2.45) is 9.04 Å². The van der Waals surface area contributed by atoms with Crippen LogP contribution in [0.1, 0.15) is 0 Å². The smallest absolute Gasteiger partial charge is 0.213 e. The molecule has 0 fully saturated rings. The van der Waals surface area contributed by atoms with Gasteiger partial charge in [-0.2, -0.15) is 0 Å². The van der Waals surface area contributed by atoms with Crippen LogP contribution in [-0.4, -0.2) is 8.42 Å². The summed E-state index contributed by atoms with van der Waals surface area (Å²) in [6.45, 7) is 0. The number of benzene rings is 1. The topological polar surface area (TPSA) is 132 Å². The van der Waals surface area contributed by atoms with Crippen molar-refractivity contribution in [3.05, 3.63) is 56.2 Å². The molecule has 0 aromatic heterocycles. The first-order chi connectivity index (χ1) is 7.52. The number of rotatable bonds is 2. The molecule has 0 spiro atoms. The second kappa shape index (κ2) is 7.38. The van der Waals surface area contributed by atoms with Crippen molar-refractivity contribution in [1.82, 2.24) is 0 Å². The van der Waals surface area contributed by atoms with Crippen LogP contribution in [0, 0.1) is 0 Å². The van der Waals surface area contributed by atoms with E-state index in [1.54, 1.807) is 0 Å². The number of halogens is 1. The molecule has 1 aromatic rings. The Morgan fingerprint density at radius 2 is 1.50 bits per heavy atom. The van der Waals surface area contributed by atoms with Gasteiger partial charge in [-0.3, -0.25) is 0 Å². The SMILES string of the molecule is Clc1ccccc1.[N-]=[N+]=NS(=O)(=O)N=[N+]=[N-]. The highest BCUT2D eigenvalue weighted by Crippen LogP contribution is 2.03. The molecule has 8 nitrogen and oxygen atoms in total. The van der Waals surface area contributed by atoms with Gasteiger partial charge in [0.1, 0.15) is 0 Å². The lowest BCUT2D eigenvalue weighted by atomic mass is 10.4. The van der Waals surface area contributed by atoms with Crippen LogP contribution in [0.2, 0.25) is 5.02 Å². The molecule has 0 saturated carbocycles. The summed E-state index contributed by atoms with van der Waals surface area (Å²) in [4.78, 5) is 3.80. The fourth-order valence-electron chi connectivity index (χ4n) is 0.523. The minimum absolute atomic E-state index is 0.794. The van der Waals surface area contributed by atoms with E-state index in [2.05, 4.69) is 9.04 Å². The van der Waals surface area contributed by atoms with E-state index in [0.717, 1.165) is 5.02 Å². The summed E-state index contributed by atoms with van der Waals surface area (Å²) in [5.74, 6) is 0. The third kappa shape index (κ3) is 7.48. The van der Waals surface area contributed by atoms with Crippen LogP contribution < -0.4 is 0 Å². The Labute approximate surface area is 95.9 Å². The van der Waals surface area contributed by atoms with Gasteiger partial charge in [-0.1, -0.05) is 29.8 Å². The summed E-state index contributed by atoms with van der Waals surface area (Å²) in [6, 6.07) is 9.44. The van der Waals surface area contributed by atoms with Crippen LogP contribution in [0.25, 0.3) is 20.9 Å². The Bertz CT molecular complexity index is 493. The third-order valence-electron chi connectivity index (χ3n) is 1.01. The molecule has 0 aliphatic heterocycles. The highest BCUT2D eigenvalue weighted by molar-refractivity contribution is 7.88. The third-order valence-corrected chi connectivity index (χ3v) is 1.82. The van der Waals surface area contributed by atoms with Gasteiger partial charge < -0.3 is 0 Å². The van der Waals surface area contributed by atoms with Crippen molar-refractivity contribution >= 4 is 21.8 Å². The van der Waals surface area contributed by atoms with Gasteiger partial charge in [0, 0.05) is 23.9 Å². The van der Waals surface area contributed by atoms with Crippen molar-refractivity contribution in [3.63, 3.8) is 0 Å². The normalized spacial score (nSPS) is 8.81. The van der Waals surface area contributed by atoms with Crippen LogP contribution in [0.5, 0.6) is 0 Å². The van der Waals surface area contributed by atoms with E-state index in [1.165, 1.54) is 0 Å². The summed E-state index contributed by atoms with van der Waals surface area (Å²) in [7, 11) is -4.27. The van der Waals surface area contributed by atoms with E-state index in [1.807, 2.05) is 40.2 Å². The number of hydrogen-bond acceptors (Lipinski definition) is 2. The second-order valence-corrected chi connectivity index (χ2v) is 3.74. The molecule has 0 aliphatic carbocycles. The lowest BCUT2D eigenvalue weighted by molar-refractivity contribution is 0.599. The largest absolute Gasteiger partial charge is 0.321 e. The lowest BCUT2D eigenvalue weighted by Gasteiger charge is -1.80. The molecule has 0 atom stereocenters. The Morgan fingerprint density at radius 1 is 1.06 bits per heavy atom. The average molecular weight is 261 g/mol. The van der Waals surface area contributed by atoms with Crippen molar-refractivity contribution in [2.75, 3.05) is 0 Å². The fourth-order valence-corrected chi connectivity index (χ4v) is 0.886. The van der Waals surface area contributed by atoms with Crippen LogP contribution in [-0.2, 0) is 10.2 Å². The van der Waals surface area contributed by atoms with Gasteiger partial charge in [-0.15, -0.1) is 0 Å². The van der Waals surface area contributed by atoms with Crippen LogP contribution in [0.15, 0.2) is 39.4 Å². The number of hydrogen-bond donors (Lipinski definition) is 0. The highest BCUT2D eigenvalue weighted by Gasteiger charge is 1.99. The van der Waals surface area contributed by atoms with Crippen LogP contribution in [0.3, 0.4) is 0 Å². The van der Waals surface area contributed by atoms with Crippen molar-refractivity contribution < 1.29 is 8.42 Å². The molecule has 0 heterocycles. The Balaban J connectivity index is 0.000000288. The van der Waals surface area contributed by atoms with Gasteiger partial charge in [0.2, 0.25) is 0 Å². The van der Waals surface area contributed by atoms with E-state index in [0.29, 0.717) is 0 Å². The maximum Gasteiger partial charge on any atom is 0.321 e. The standard InChI is InChI=1S/C6H5Cl.N6O2S/c7-6-4-2-1-3-5-6;1-3-5-9(7,8)6-4-2/h1-5H;. The first-order valence-electron chi connectivity index (χ1n) is 3.60. The van der Waals surface area contributed by atoms with Crippen LogP contribution >= 0.6 is 11.6 Å². The quantitative estimate of drug-likeness (QED) is 0.459. The van der Waals surface area contributed by atoms with Crippen molar-refractivity contribution in [1.29, 1.82) is 0 Å². The molecule has 0 unspecified atom stereocenters. The molecule has 1 rings (SSSR count). The summed E-state index contributed by atoms with van der Waals surface area (Å²) in [5.41, 5.74) is 15.0. The zero-order chi connectivity index (χ0) is 12.4. The maximum atomic E-state index is 9.99. The Kier molecular flexibility index (Phi) is 6.50. The van der Waals surface area contributed by atoms with Crippen LogP contribution in [0.4, 0.5) is 0 Å². The van der Waals surface area contributed by atoms with Gasteiger partial charge in [0.05, 0.1) is 0 Å². The molecule has 0 saturated heterocycles. The first kappa shape index (κ1) is 14.1. The summed E-state index contributed by atoms with van der Waals surface area (Å²) in [5, 5.41) is 0.794. The molecule has 0 N–H and O–H groups in total. The van der Waals surface area contributed by atoms with Gasteiger partial charge >= 0.3 is 10.2 Å². The average Bonchev–Trinajstić information content (AvgIpc) is 2.19. The molecule has 0 amide bonds. The van der Waals surface area contributed by atoms with E-state index in [-0.39, 0.29) is 0 Å². The van der Waals surface area contributed by atoms with Crippen molar-refractivity contribution in [2.45, 2.75) is 0 Å². The first-order valence-corrected chi connectivity index (χ1v) is 5.37. The second-order valence-electron chi connectivity index (χ2n) is 2.09. The summed E-state index contributed by atoms with van der Waals surface area (Å²) in [6.07, 6.45) is 0. The van der Waals surface area contributed by atoms with E-state index < -0.39 is 10.2 Å². The van der Waals surface area contributed by atoms with Gasteiger partial charge in [-0.25, -0.2) is 8.42 Å². The highest BCUT2D eigenvalue weighted by atomic mass is 35.5. The Morgan fingerprint density at radius 3 is 1.75 bits per heavy atom. The molecule has 84 valence electrons. The number of nitrogens with zero attached hydrogens (tertiary/aromatic N) is 6. The minimum atomic E-state index is -4.27. The van der Waals surface area contributed by atoms with Gasteiger partial charge in [-0.05, 0) is 23.2 Å². The Hall–Kier alpha value is -1.92. The molecular weight excluding hydrogens is 256 g/mol. The minimum Gasteiger partial charge on any atom is -0.213 e. The molecule has 1 aromatic carbocycles. The van der Waals surface area contributed by atoms with E-state index in [9.17, 15) is 8.42 Å². The van der Waals surface area contributed by atoms with E-state index >= 15 is 0 Å². The molecular formula is C6H5ClN6O2S. The van der Waals surface area contributed by atoms with Gasteiger partial charge in [0.15, 0.2) is 0 Å². The fraction of sp³-hybridized carbons (Fsp3) is 0. The predicted molar refractivity (Wildman–Crippen MR) is 58.7 cm³/mol. The summed E-state index contributed by atoms with van der Waals surface area (Å²) < 4.78 is 24.3. The van der Waals surface area contributed by atoms with Crippen molar-refractivity contribution in [3.8, 4) is 0 Å². The number of azide groups is 1. The predicted octanol–water partition coefficient (Wildman–Crippen LogP) is 3.19. The molecule has 16 heavy (non-hydrogen) atoms. The van der Waals surface area contributed by atoms with Gasteiger partial charge in [0.25, 0.3) is 0 Å². The molecule has 0 radical (unpaired) electrons. The zero-order valence-electron chi connectivity index (χ0n) is 7.67. The molecule has 10 heteroatoms. The maximum absolute atomic E-state index is 9.99. The van der Waals surface area contributed by atoms with E-state index in [4.69, 9.17) is 22.7 Å². The summed E-state index contributed by atoms with van der Waals surface area (Å²) >= 11 is 5.54. The lowest BCUT2D eigenvalue weighted by Crippen LogP contribution is -1.82. The molecule has 0 aliphatic rings. The molecule has 0 bridgehead atoms.